The molecule has 0 aromatic heterocycles. The number of amides is 1. The number of aliphatic carboxylic acids is 1. The van der Waals surface area contributed by atoms with Crippen molar-refractivity contribution in [1.29, 1.82) is 0 Å². The standard InChI is InChI=1S/C12H14Cl2FNO4S.C2H4O2/c1-21(19,20)8-4-2-7(3-5-8)10(17)9(6-15)16-12(18)11(13)14;1-2(3)4/h2-5,9-11,17H,6H2,1H3,(H,16,18);1H3,(H,3,4)/p-1/t9-,10-;/m1./s1. The number of halogens is 3. The number of carboxylic acid groups (broad SMARTS) is 1. The van der Waals surface area contributed by atoms with E-state index < -0.39 is 45.4 Å². The maximum Gasteiger partial charge on any atom is 0.253 e. The number of alkyl halides is 3. The molecule has 1 aromatic carbocycles. The number of carbonyl (C=O) groups is 2. The van der Waals surface area contributed by atoms with Gasteiger partial charge < -0.3 is 20.3 Å². The summed E-state index contributed by atoms with van der Waals surface area (Å²) in [5, 5.41) is 21.1. The molecule has 25 heavy (non-hydrogen) atoms. The van der Waals surface area contributed by atoms with E-state index in [0.29, 0.717) is 0 Å². The lowest BCUT2D eigenvalue weighted by molar-refractivity contribution is -0.302. The summed E-state index contributed by atoms with van der Waals surface area (Å²) in [5.74, 6) is -1.91. The SMILES string of the molecule is CC(=O)[O-].CS(=O)(=O)c1ccc([C@@H](O)[C@@H](CF)NC(=O)C(Cl)Cl)cc1. The number of nitrogens with one attached hydrogen (secondary N) is 1. The molecule has 1 rings (SSSR count). The van der Waals surface area contributed by atoms with Gasteiger partial charge in [0.15, 0.2) is 14.7 Å². The van der Waals surface area contributed by atoms with Crippen LogP contribution in [0.5, 0.6) is 0 Å². The van der Waals surface area contributed by atoms with Crippen molar-refractivity contribution in [3.05, 3.63) is 29.8 Å². The minimum absolute atomic E-state index is 0.0702. The van der Waals surface area contributed by atoms with Crippen LogP contribution in [-0.2, 0) is 19.4 Å². The van der Waals surface area contributed by atoms with Gasteiger partial charge in [0.05, 0.1) is 10.9 Å². The van der Waals surface area contributed by atoms with Crippen molar-refractivity contribution in [2.45, 2.75) is 28.8 Å². The molecule has 11 heteroatoms. The molecule has 0 saturated heterocycles. The molecule has 2 N–H and O–H groups in total. The first kappa shape index (κ1) is 23.6. The van der Waals surface area contributed by atoms with E-state index in [-0.39, 0.29) is 10.5 Å². The van der Waals surface area contributed by atoms with E-state index in [9.17, 15) is 22.7 Å². The lowest BCUT2D eigenvalue weighted by Crippen LogP contribution is -2.43. The highest BCUT2D eigenvalue weighted by molar-refractivity contribution is 7.90. The largest absolute Gasteiger partial charge is 0.550 e. The van der Waals surface area contributed by atoms with Gasteiger partial charge in [0.25, 0.3) is 5.91 Å². The maximum absolute atomic E-state index is 12.9. The fourth-order valence-electron chi connectivity index (χ4n) is 1.59. The zero-order valence-electron chi connectivity index (χ0n) is 13.3. The first-order valence-electron chi connectivity index (χ1n) is 6.70. The van der Waals surface area contributed by atoms with E-state index in [1.807, 2.05) is 0 Å². The molecule has 1 aromatic rings. The number of hydrogen-bond donors (Lipinski definition) is 2. The fraction of sp³-hybridized carbons (Fsp3) is 0.429. The van der Waals surface area contributed by atoms with Gasteiger partial charge in [-0.1, -0.05) is 35.3 Å². The average Bonchev–Trinajstić information content (AvgIpc) is 2.50. The van der Waals surface area contributed by atoms with Crippen LogP contribution in [0.4, 0.5) is 4.39 Å². The Kier molecular flexibility index (Phi) is 9.95. The molecule has 0 spiro atoms. The number of hydrogen-bond acceptors (Lipinski definition) is 6. The Morgan fingerprint density at radius 2 is 1.72 bits per heavy atom. The second-order valence-electron chi connectivity index (χ2n) is 4.85. The van der Waals surface area contributed by atoms with E-state index in [2.05, 4.69) is 5.32 Å². The second-order valence-corrected chi connectivity index (χ2v) is 7.96. The molecular formula is C14H17Cl2FNO6S-. The van der Waals surface area contributed by atoms with E-state index in [4.69, 9.17) is 33.1 Å². The van der Waals surface area contributed by atoms with Gasteiger partial charge >= 0.3 is 0 Å². The predicted molar refractivity (Wildman–Crippen MR) is 88.6 cm³/mol. The number of carboxylic acids is 1. The van der Waals surface area contributed by atoms with Crippen LogP contribution in [0.3, 0.4) is 0 Å². The summed E-state index contributed by atoms with van der Waals surface area (Å²) in [7, 11) is -3.36. The Hall–Kier alpha value is -1.42. The topological polar surface area (TPSA) is 124 Å². The number of carbonyl (C=O) groups excluding carboxylic acids is 2. The monoisotopic (exact) mass is 416 g/mol. The summed E-state index contributed by atoms with van der Waals surface area (Å²) in [6.07, 6.45) is -0.316. The van der Waals surface area contributed by atoms with Gasteiger partial charge in [-0.05, 0) is 24.6 Å². The highest BCUT2D eigenvalue weighted by atomic mass is 35.5. The molecule has 0 bridgehead atoms. The summed E-state index contributed by atoms with van der Waals surface area (Å²) in [5.41, 5.74) is 0.256. The molecule has 0 saturated carbocycles. The zero-order valence-corrected chi connectivity index (χ0v) is 15.6. The molecule has 2 atom stereocenters. The lowest BCUT2D eigenvalue weighted by atomic mass is 10.0. The third kappa shape index (κ3) is 9.01. The Bertz CT molecular complexity index is 677. The van der Waals surface area contributed by atoms with Crippen LogP contribution in [0.15, 0.2) is 29.2 Å². The van der Waals surface area contributed by atoms with Gasteiger partial charge in [0.1, 0.15) is 12.8 Å². The highest BCUT2D eigenvalue weighted by Gasteiger charge is 2.25. The zero-order chi connectivity index (χ0) is 19.8. The van der Waals surface area contributed by atoms with Crippen LogP contribution in [0.2, 0.25) is 0 Å². The Morgan fingerprint density at radius 3 is 2.04 bits per heavy atom. The van der Waals surface area contributed by atoms with Crippen molar-refractivity contribution in [2.75, 3.05) is 12.9 Å². The maximum atomic E-state index is 12.9. The molecular weight excluding hydrogens is 400 g/mol. The van der Waals surface area contributed by atoms with Gasteiger partial charge in [-0.25, -0.2) is 12.8 Å². The van der Waals surface area contributed by atoms with Crippen molar-refractivity contribution >= 4 is 44.9 Å². The Morgan fingerprint density at radius 1 is 1.28 bits per heavy atom. The summed E-state index contributed by atoms with van der Waals surface area (Å²) in [6, 6.07) is 4.03. The van der Waals surface area contributed by atoms with E-state index >= 15 is 0 Å². The average molecular weight is 417 g/mol. The van der Waals surface area contributed by atoms with Gasteiger partial charge in [-0.15, -0.1) is 0 Å². The Balaban J connectivity index is 0.00000129. The molecule has 142 valence electrons. The van der Waals surface area contributed by atoms with Crippen LogP contribution in [-0.4, -0.2) is 49.2 Å². The smallest absolute Gasteiger partial charge is 0.253 e. The molecule has 0 radical (unpaired) electrons. The van der Waals surface area contributed by atoms with Crippen molar-refractivity contribution in [3.8, 4) is 0 Å². The van der Waals surface area contributed by atoms with E-state index in [0.717, 1.165) is 13.2 Å². The molecule has 0 aliphatic carbocycles. The third-order valence-corrected chi connectivity index (χ3v) is 4.25. The molecule has 0 aliphatic rings. The van der Waals surface area contributed by atoms with Crippen molar-refractivity contribution < 1.29 is 32.6 Å². The van der Waals surface area contributed by atoms with Crippen LogP contribution >= 0.6 is 23.2 Å². The first-order chi connectivity index (χ1) is 11.4. The van der Waals surface area contributed by atoms with E-state index in [1.165, 1.54) is 24.3 Å². The summed E-state index contributed by atoms with van der Waals surface area (Å²) >= 11 is 10.7. The summed E-state index contributed by atoms with van der Waals surface area (Å²) < 4.78 is 35.6. The highest BCUT2D eigenvalue weighted by Crippen LogP contribution is 2.20. The minimum atomic E-state index is -3.36. The molecule has 0 unspecified atom stereocenters. The normalized spacial score (nSPS) is 13.4. The van der Waals surface area contributed by atoms with Crippen LogP contribution < -0.4 is 10.4 Å². The number of benzene rings is 1. The second kappa shape index (κ2) is 10.5. The van der Waals surface area contributed by atoms with Crippen LogP contribution in [0.1, 0.15) is 18.6 Å². The molecule has 0 fully saturated rings. The number of aliphatic hydroxyl groups excluding tert-OH is 1. The first-order valence-corrected chi connectivity index (χ1v) is 9.46. The molecule has 0 heterocycles. The summed E-state index contributed by atoms with van der Waals surface area (Å²) in [6.45, 7) is -0.0682. The number of aliphatic hydroxyl groups is 1. The number of sulfone groups is 1. The van der Waals surface area contributed by atoms with E-state index in [1.54, 1.807) is 0 Å². The Labute approximate surface area is 154 Å². The molecule has 7 nitrogen and oxygen atoms in total. The minimum Gasteiger partial charge on any atom is -0.550 e. The van der Waals surface area contributed by atoms with Crippen molar-refractivity contribution in [2.24, 2.45) is 0 Å². The van der Waals surface area contributed by atoms with Gasteiger partial charge in [-0.2, -0.15) is 0 Å². The predicted octanol–water partition coefficient (Wildman–Crippen LogP) is 0.138. The van der Waals surface area contributed by atoms with Gasteiger partial charge in [0, 0.05) is 12.2 Å². The van der Waals surface area contributed by atoms with Crippen LogP contribution in [0, 0.1) is 0 Å². The van der Waals surface area contributed by atoms with Crippen molar-refractivity contribution in [1.82, 2.24) is 5.32 Å². The molecule has 0 aliphatic heterocycles. The van der Waals surface area contributed by atoms with Gasteiger partial charge in [0.2, 0.25) is 0 Å². The summed E-state index contributed by atoms with van der Waals surface area (Å²) in [4.78, 5) is 18.9. The quantitative estimate of drug-likeness (QED) is 0.635. The van der Waals surface area contributed by atoms with Crippen LogP contribution in [0.25, 0.3) is 0 Å². The van der Waals surface area contributed by atoms with Gasteiger partial charge in [-0.3, -0.25) is 4.79 Å². The third-order valence-electron chi connectivity index (χ3n) is 2.72. The lowest BCUT2D eigenvalue weighted by Gasteiger charge is -2.22. The fourth-order valence-corrected chi connectivity index (χ4v) is 2.35. The number of rotatable bonds is 6. The molecule has 1 amide bonds. The van der Waals surface area contributed by atoms with Crippen molar-refractivity contribution in [3.63, 3.8) is 0 Å².